The van der Waals surface area contributed by atoms with Crippen molar-refractivity contribution >= 4 is 22.9 Å². The summed E-state index contributed by atoms with van der Waals surface area (Å²) in [5.74, 6) is 0.418. The molecule has 0 bridgehead atoms. The molecule has 2 N–H and O–H groups in total. The average Bonchev–Trinajstić information content (AvgIpc) is 2.81. The SMILES string of the molecule is CCN(CC(F)(F)F)c1nc(NC)nc2nc[nH]c12. The molecule has 104 valence electrons. The van der Waals surface area contributed by atoms with Crippen molar-refractivity contribution < 1.29 is 13.2 Å². The standard InChI is InChI=1S/C10H13F3N6/c1-3-19(4-10(11,12)13)8-6-7(16-5-15-6)17-9(14-2)18-8/h5H,3-4H2,1-2H3,(H2,14,15,16,17,18). The van der Waals surface area contributed by atoms with Gasteiger partial charge < -0.3 is 15.2 Å². The van der Waals surface area contributed by atoms with Crippen molar-refractivity contribution in [2.45, 2.75) is 13.1 Å². The van der Waals surface area contributed by atoms with Crippen molar-refractivity contribution in [2.24, 2.45) is 0 Å². The summed E-state index contributed by atoms with van der Waals surface area (Å²) in [5, 5.41) is 2.71. The highest BCUT2D eigenvalue weighted by Gasteiger charge is 2.32. The Balaban J connectivity index is 2.48. The van der Waals surface area contributed by atoms with Crippen LogP contribution < -0.4 is 10.2 Å². The lowest BCUT2D eigenvalue weighted by molar-refractivity contribution is -0.119. The van der Waals surface area contributed by atoms with Gasteiger partial charge in [-0.3, -0.25) is 0 Å². The molecule has 19 heavy (non-hydrogen) atoms. The molecule has 2 rings (SSSR count). The Bertz CT molecular complexity index is 564. The van der Waals surface area contributed by atoms with Crippen LogP contribution in [-0.2, 0) is 0 Å². The molecule has 0 unspecified atom stereocenters. The van der Waals surface area contributed by atoms with Crippen LogP contribution in [0.1, 0.15) is 6.92 Å². The quantitative estimate of drug-likeness (QED) is 0.889. The Kier molecular flexibility index (Phi) is 3.45. The third-order valence-corrected chi connectivity index (χ3v) is 2.54. The van der Waals surface area contributed by atoms with E-state index in [0.717, 1.165) is 4.90 Å². The van der Waals surface area contributed by atoms with Gasteiger partial charge in [0.2, 0.25) is 5.95 Å². The number of nitrogens with zero attached hydrogens (tertiary/aromatic N) is 4. The minimum Gasteiger partial charge on any atom is -0.357 e. The van der Waals surface area contributed by atoms with Crippen LogP contribution in [0.4, 0.5) is 24.9 Å². The van der Waals surface area contributed by atoms with Gasteiger partial charge in [-0.05, 0) is 6.92 Å². The fourth-order valence-corrected chi connectivity index (χ4v) is 1.71. The predicted octanol–water partition coefficient (Wildman–Crippen LogP) is 1.78. The van der Waals surface area contributed by atoms with Gasteiger partial charge in [-0.2, -0.15) is 23.1 Å². The van der Waals surface area contributed by atoms with Gasteiger partial charge >= 0.3 is 6.18 Å². The molecule has 6 nitrogen and oxygen atoms in total. The van der Waals surface area contributed by atoms with Crippen LogP contribution in [0.3, 0.4) is 0 Å². The lowest BCUT2D eigenvalue weighted by Crippen LogP contribution is -2.35. The summed E-state index contributed by atoms with van der Waals surface area (Å²) in [6, 6.07) is 0. The summed E-state index contributed by atoms with van der Waals surface area (Å²) in [7, 11) is 1.59. The molecule has 0 aromatic carbocycles. The number of alkyl halides is 3. The average molecular weight is 274 g/mol. The molecule has 0 amide bonds. The number of anilines is 2. The normalized spacial score (nSPS) is 11.8. The highest BCUT2D eigenvalue weighted by atomic mass is 19.4. The summed E-state index contributed by atoms with van der Waals surface area (Å²) in [6.45, 7) is 0.737. The first-order valence-electron chi connectivity index (χ1n) is 5.65. The first-order valence-corrected chi connectivity index (χ1v) is 5.65. The fraction of sp³-hybridized carbons (Fsp3) is 0.500. The van der Waals surface area contributed by atoms with Crippen LogP contribution in [0.25, 0.3) is 11.2 Å². The van der Waals surface area contributed by atoms with Crippen LogP contribution in [0.15, 0.2) is 6.33 Å². The number of aromatic amines is 1. The van der Waals surface area contributed by atoms with Gasteiger partial charge in [-0.25, -0.2) is 4.98 Å². The molecule has 9 heteroatoms. The Morgan fingerprint density at radius 2 is 2.11 bits per heavy atom. The maximum atomic E-state index is 12.6. The molecule has 0 saturated heterocycles. The van der Waals surface area contributed by atoms with Crippen LogP contribution in [0, 0.1) is 0 Å². The first-order chi connectivity index (χ1) is 8.94. The molecule has 2 aromatic heterocycles. The van der Waals surface area contributed by atoms with E-state index in [1.165, 1.54) is 6.33 Å². The molecular formula is C10H13F3N6. The number of fused-ring (bicyclic) bond motifs is 1. The van der Waals surface area contributed by atoms with E-state index in [-0.39, 0.29) is 18.3 Å². The Labute approximate surface area is 107 Å². The fourth-order valence-electron chi connectivity index (χ4n) is 1.71. The van der Waals surface area contributed by atoms with Gasteiger partial charge in [0.1, 0.15) is 12.1 Å². The third kappa shape index (κ3) is 2.85. The second kappa shape index (κ2) is 4.90. The Morgan fingerprint density at radius 3 is 2.68 bits per heavy atom. The van der Waals surface area contributed by atoms with Crippen LogP contribution in [0.5, 0.6) is 0 Å². The smallest absolute Gasteiger partial charge is 0.357 e. The lowest BCUT2D eigenvalue weighted by Gasteiger charge is -2.23. The van der Waals surface area contributed by atoms with E-state index in [9.17, 15) is 13.2 Å². The van der Waals surface area contributed by atoms with E-state index in [1.54, 1.807) is 14.0 Å². The van der Waals surface area contributed by atoms with E-state index >= 15 is 0 Å². The number of imidazole rings is 1. The van der Waals surface area contributed by atoms with E-state index in [1.807, 2.05) is 0 Å². The zero-order valence-electron chi connectivity index (χ0n) is 10.4. The van der Waals surface area contributed by atoms with Gasteiger partial charge in [0.25, 0.3) is 0 Å². The van der Waals surface area contributed by atoms with Gasteiger partial charge in [0.05, 0.1) is 6.33 Å². The lowest BCUT2D eigenvalue weighted by atomic mass is 10.4. The highest BCUT2D eigenvalue weighted by molar-refractivity contribution is 5.84. The number of H-pyrrole nitrogens is 1. The number of rotatable bonds is 4. The van der Waals surface area contributed by atoms with Crippen molar-refractivity contribution in [1.29, 1.82) is 0 Å². The second-order valence-electron chi connectivity index (χ2n) is 3.85. The molecule has 0 atom stereocenters. The molecule has 2 heterocycles. The van der Waals surface area contributed by atoms with Gasteiger partial charge in [0, 0.05) is 13.6 Å². The minimum atomic E-state index is -4.30. The summed E-state index contributed by atoms with van der Waals surface area (Å²) >= 11 is 0. The summed E-state index contributed by atoms with van der Waals surface area (Å²) < 4.78 is 37.7. The van der Waals surface area contributed by atoms with E-state index in [4.69, 9.17) is 0 Å². The predicted molar refractivity (Wildman–Crippen MR) is 65.2 cm³/mol. The number of aromatic nitrogens is 4. The van der Waals surface area contributed by atoms with E-state index < -0.39 is 12.7 Å². The largest absolute Gasteiger partial charge is 0.405 e. The molecule has 0 fully saturated rings. The van der Waals surface area contributed by atoms with Crippen LogP contribution in [-0.4, -0.2) is 46.2 Å². The molecule has 0 aliphatic carbocycles. The number of nitrogens with one attached hydrogen (secondary N) is 2. The molecule has 0 radical (unpaired) electrons. The van der Waals surface area contributed by atoms with Crippen molar-refractivity contribution in [3.8, 4) is 0 Å². The van der Waals surface area contributed by atoms with Gasteiger partial charge in [-0.15, -0.1) is 0 Å². The summed E-state index contributed by atoms with van der Waals surface area (Å²) in [5.41, 5.74) is 0.722. The maximum absolute atomic E-state index is 12.6. The van der Waals surface area contributed by atoms with Gasteiger partial charge in [-0.1, -0.05) is 0 Å². The second-order valence-corrected chi connectivity index (χ2v) is 3.85. The highest BCUT2D eigenvalue weighted by Crippen LogP contribution is 2.26. The minimum absolute atomic E-state index is 0.174. The number of hydrogen-bond acceptors (Lipinski definition) is 5. The zero-order chi connectivity index (χ0) is 14.0. The van der Waals surface area contributed by atoms with E-state index in [2.05, 4.69) is 25.3 Å². The molecule has 0 saturated carbocycles. The molecule has 0 aliphatic rings. The number of halogens is 3. The summed E-state index contributed by atoms with van der Waals surface area (Å²) in [6.07, 6.45) is -2.92. The summed E-state index contributed by atoms with van der Waals surface area (Å²) in [4.78, 5) is 16.0. The monoisotopic (exact) mass is 274 g/mol. The van der Waals surface area contributed by atoms with Crippen molar-refractivity contribution in [3.63, 3.8) is 0 Å². The van der Waals surface area contributed by atoms with Crippen LogP contribution in [0.2, 0.25) is 0 Å². The molecule has 0 spiro atoms. The topological polar surface area (TPSA) is 69.7 Å². The maximum Gasteiger partial charge on any atom is 0.405 e. The van der Waals surface area contributed by atoms with Crippen molar-refractivity contribution in [2.75, 3.05) is 30.4 Å². The molecule has 0 aliphatic heterocycles. The Morgan fingerprint density at radius 1 is 1.37 bits per heavy atom. The van der Waals surface area contributed by atoms with Gasteiger partial charge in [0.15, 0.2) is 11.5 Å². The van der Waals surface area contributed by atoms with Crippen molar-refractivity contribution in [3.05, 3.63) is 6.33 Å². The zero-order valence-corrected chi connectivity index (χ0v) is 10.4. The van der Waals surface area contributed by atoms with Crippen molar-refractivity contribution in [1.82, 2.24) is 19.9 Å². The molecular weight excluding hydrogens is 261 g/mol. The third-order valence-electron chi connectivity index (χ3n) is 2.54. The molecule has 2 aromatic rings. The number of hydrogen-bond donors (Lipinski definition) is 2. The Hall–Kier alpha value is -2.06. The van der Waals surface area contributed by atoms with Crippen LogP contribution >= 0.6 is 0 Å². The van der Waals surface area contributed by atoms with E-state index in [0.29, 0.717) is 11.2 Å². The first kappa shape index (κ1) is 13.4.